The maximum absolute atomic E-state index is 12.4. The van der Waals surface area contributed by atoms with Crippen molar-refractivity contribution in [1.82, 2.24) is 0 Å². The Bertz CT molecular complexity index is 1080. The van der Waals surface area contributed by atoms with Crippen LogP contribution in [0.1, 0.15) is 15.9 Å². The number of rotatable bonds is 3. The van der Waals surface area contributed by atoms with Crippen LogP contribution in [0.3, 0.4) is 0 Å². The molecule has 128 valence electrons. The first-order valence-corrected chi connectivity index (χ1v) is 8.81. The standard InChI is InChI=1S/C18H15NO5S/c1-11-9-13-16(25(22,23)24)8-7-14(17(13)15(20)10-11)19-18(21)12-5-3-2-4-6-12/h2-10,20H,1H3,(H,19,21)(H,22,23,24). The number of benzene rings is 3. The van der Waals surface area contributed by atoms with Crippen LogP contribution in [0.4, 0.5) is 5.69 Å². The Kier molecular flexibility index (Phi) is 4.20. The summed E-state index contributed by atoms with van der Waals surface area (Å²) in [6.07, 6.45) is 0. The van der Waals surface area contributed by atoms with Crippen molar-refractivity contribution < 1.29 is 22.9 Å². The number of fused-ring (bicyclic) bond motifs is 1. The van der Waals surface area contributed by atoms with E-state index >= 15 is 0 Å². The highest BCUT2D eigenvalue weighted by molar-refractivity contribution is 7.86. The Morgan fingerprint density at radius 3 is 2.36 bits per heavy atom. The molecule has 1 amide bonds. The third-order valence-corrected chi connectivity index (χ3v) is 4.67. The second-order valence-electron chi connectivity index (χ2n) is 5.61. The Morgan fingerprint density at radius 2 is 1.72 bits per heavy atom. The van der Waals surface area contributed by atoms with Crippen molar-refractivity contribution in [3.05, 3.63) is 65.7 Å². The molecular weight excluding hydrogens is 342 g/mol. The topological polar surface area (TPSA) is 104 Å². The SMILES string of the molecule is Cc1cc(O)c2c(NC(=O)c3ccccc3)ccc(S(=O)(=O)O)c2c1. The van der Waals surface area contributed by atoms with Crippen molar-refractivity contribution in [1.29, 1.82) is 0 Å². The molecule has 0 aliphatic heterocycles. The van der Waals surface area contributed by atoms with Gasteiger partial charge in [-0.1, -0.05) is 18.2 Å². The summed E-state index contributed by atoms with van der Waals surface area (Å²) in [6, 6.07) is 14.0. The van der Waals surface area contributed by atoms with E-state index in [4.69, 9.17) is 0 Å². The molecule has 0 aromatic heterocycles. The van der Waals surface area contributed by atoms with E-state index in [1.807, 2.05) is 0 Å². The van der Waals surface area contributed by atoms with E-state index in [9.17, 15) is 22.9 Å². The highest BCUT2D eigenvalue weighted by Crippen LogP contribution is 2.37. The molecule has 25 heavy (non-hydrogen) atoms. The molecule has 0 radical (unpaired) electrons. The van der Waals surface area contributed by atoms with Gasteiger partial charge in [-0.05, 0) is 48.9 Å². The number of anilines is 1. The fourth-order valence-electron chi connectivity index (χ4n) is 2.69. The number of hydrogen-bond donors (Lipinski definition) is 3. The van der Waals surface area contributed by atoms with Crippen LogP contribution in [0.5, 0.6) is 5.75 Å². The fraction of sp³-hybridized carbons (Fsp3) is 0.0556. The predicted octanol–water partition coefficient (Wildman–Crippen LogP) is 3.35. The molecule has 0 unspecified atom stereocenters. The van der Waals surface area contributed by atoms with Gasteiger partial charge in [-0.3, -0.25) is 9.35 Å². The van der Waals surface area contributed by atoms with Crippen LogP contribution in [-0.2, 0) is 10.1 Å². The van der Waals surface area contributed by atoms with Crippen molar-refractivity contribution in [3.63, 3.8) is 0 Å². The fourth-order valence-corrected chi connectivity index (χ4v) is 3.37. The van der Waals surface area contributed by atoms with Gasteiger partial charge in [-0.2, -0.15) is 8.42 Å². The van der Waals surface area contributed by atoms with Gasteiger partial charge in [0.1, 0.15) is 10.6 Å². The molecule has 0 bridgehead atoms. The molecule has 0 aliphatic carbocycles. The predicted molar refractivity (Wildman–Crippen MR) is 94.6 cm³/mol. The first-order valence-electron chi connectivity index (χ1n) is 7.37. The number of amides is 1. The molecule has 0 spiro atoms. The van der Waals surface area contributed by atoms with Gasteiger partial charge in [-0.15, -0.1) is 0 Å². The molecule has 0 aliphatic rings. The van der Waals surface area contributed by atoms with Gasteiger partial charge in [0.2, 0.25) is 0 Å². The molecule has 0 heterocycles. The van der Waals surface area contributed by atoms with Gasteiger partial charge in [0.05, 0.1) is 5.69 Å². The van der Waals surface area contributed by atoms with Gasteiger partial charge >= 0.3 is 0 Å². The van der Waals surface area contributed by atoms with Crippen molar-refractivity contribution in [2.45, 2.75) is 11.8 Å². The zero-order chi connectivity index (χ0) is 18.2. The van der Waals surface area contributed by atoms with Crippen molar-refractivity contribution in [2.75, 3.05) is 5.32 Å². The lowest BCUT2D eigenvalue weighted by molar-refractivity contribution is 0.102. The zero-order valence-electron chi connectivity index (χ0n) is 13.2. The normalized spacial score (nSPS) is 11.4. The number of carbonyl (C=O) groups is 1. The highest BCUT2D eigenvalue weighted by atomic mass is 32.2. The Labute approximate surface area is 144 Å². The zero-order valence-corrected chi connectivity index (χ0v) is 14.0. The van der Waals surface area contributed by atoms with Gasteiger partial charge in [-0.25, -0.2) is 0 Å². The van der Waals surface area contributed by atoms with Crippen molar-refractivity contribution in [3.8, 4) is 5.75 Å². The van der Waals surface area contributed by atoms with E-state index in [-0.39, 0.29) is 27.1 Å². The largest absolute Gasteiger partial charge is 0.507 e. The maximum Gasteiger partial charge on any atom is 0.295 e. The Morgan fingerprint density at radius 1 is 1.04 bits per heavy atom. The van der Waals surface area contributed by atoms with Crippen molar-refractivity contribution in [2.24, 2.45) is 0 Å². The average molecular weight is 357 g/mol. The Hall–Kier alpha value is -2.90. The molecule has 7 heteroatoms. The molecule has 3 N–H and O–H groups in total. The van der Waals surface area contributed by atoms with Crippen molar-refractivity contribution >= 4 is 32.5 Å². The maximum atomic E-state index is 12.4. The molecule has 3 aromatic carbocycles. The summed E-state index contributed by atoms with van der Waals surface area (Å²) in [5.41, 5.74) is 1.27. The lowest BCUT2D eigenvalue weighted by Gasteiger charge is -2.13. The minimum atomic E-state index is -4.48. The van der Waals surface area contributed by atoms with Gasteiger partial charge in [0.15, 0.2) is 0 Å². The molecule has 0 saturated heterocycles. The highest BCUT2D eigenvalue weighted by Gasteiger charge is 2.19. The summed E-state index contributed by atoms with van der Waals surface area (Å²) < 4.78 is 32.6. The van der Waals surface area contributed by atoms with E-state index in [1.54, 1.807) is 37.3 Å². The number of phenols is 1. The summed E-state index contributed by atoms with van der Waals surface area (Å²) in [7, 11) is -4.48. The Balaban J connectivity index is 2.19. The number of nitrogens with one attached hydrogen (secondary N) is 1. The molecule has 3 rings (SSSR count). The van der Waals surface area contributed by atoms with E-state index in [2.05, 4.69) is 5.32 Å². The second kappa shape index (κ2) is 6.19. The third kappa shape index (κ3) is 3.33. The van der Waals surface area contributed by atoms with Gasteiger partial charge < -0.3 is 10.4 Å². The van der Waals surface area contributed by atoms with E-state index in [1.165, 1.54) is 24.3 Å². The summed E-state index contributed by atoms with van der Waals surface area (Å²) >= 11 is 0. The van der Waals surface area contributed by atoms with E-state index in [0.29, 0.717) is 11.1 Å². The number of hydrogen-bond acceptors (Lipinski definition) is 4. The monoisotopic (exact) mass is 357 g/mol. The van der Waals surface area contributed by atoms with E-state index < -0.39 is 16.0 Å². The third-order valence-electron chi connectivity index (χ3n) is 3.76. The lowest BCUT2D eigenvalue weighted by atomic mass is 10.0. The number of carbonyl (C=O) groups excluding carboxylic acids is 1. The minimum Gasteiger partial charge on any atom is -0.507 e. The summed E-state index contributed by atoms with van der Waals surface area (Å²) in [6.45, 7) is 1.68. The lowest BCUT2D eigenvalue weighted by Crippen LogP contribution is -2.12. The molecule has 0 fully saturated rings. The van der Waals surface area contributed by atoms with Crippen LogP contribution in [0.2, 0.25) is 0 Å². The van der Waals surface area contributed by atoms with Crippen LogP contribution in [0, 0.1) is 6.92 Å². The summed E-state index contributed by atoms with van der Waals surface area (Å²) in [5.74, 6) is -0.592. The second-order valence-corrected chi connectivity index (χ2v) is 7.00. The number of aromatic hydroxyl groups is 1. The quantitative estimate of drug-likeness (QED) is 0.624. The molecule has 3 aromatic rings. The summed E-state index contributed by atoms with van der Waals surface area (Å²) in [4.78, 5) is 12.0. The minimum absolute atomic E-state index is 0.130. The van der Waals surface area contributed by atoms with Crippen LogP contribution < -0.4 is 5.32 Å². The van der Waals surface area contributed by atoms with Crippen LogP contribution in [0.25, 0.3) is 10.8 Å². The molecular formula is C18H15NO5S. The molecule has 6 nitrogen and oxygen atoms in total. The van der Waals surface area contributed by atoms with Gasteiger partial charge in [0.25, 0.3) is 16.0 Å². The van der Waals surface area contributed by atoms with Crippen LogP contribution in [0.15, 0.2) is 59.5 Å². The average Bonchev–Trinajstić information content (AvgIpc) is 2.54. The first kappa shape index (κ1) is 16.9. The van der Waals surface area contributed by atoms with Crippen LogP contribution in [-0.4, -0.2) is 24.0 Å². The van der Waals surface area contributed by atoms with Crippen LogP contribution >= 0.6 is 0 Å². The number of phenolic OH excluding ortho intramolecular Hbond substituents is 1. The number of aryl methyl sites for hydroxylation is 1. The smallest absolute Gasteiger partial charge is 0.295 e. The van der Waals surface area contributed by atoms with E-state index in [0.717, 1.165) is 0 Å². The molecule has 0 saturated carbocycles. The molecule has 0 atom stereocenters. The first-order chi connectivity index (χ1) is 11.8. The van der Waals surface area contributed by atoms with Gasteiger partial charge in [0, 0.05) is 16.3 Å². The summed E-state index contributed by atoms with van der Waals surface area (Å²) in [5, 5.41) is 13.2.